The van der Waals surface area contributed by atoms with Gasteiger partial charge in [0.25, 0.3) is 0 Å². The Hall–Kier alpha value is -2.25. The molecule has 1 aromatic carbocycles. The summed E-state index contributed by atoms with van der Waals surface area (Å²) in [6.07, 6.45) is 0.790. The van der Waals surface area contributed by atoms with Gasteiger partial charge >= 0.3 is 0 Å². The summed E-state index contributed by atoms with van der Waals surface area (Å²) in [7, 11) is 4.04. The Morgan fingerprint density at radius 2 is 1.91 bits per heavy atom. The smallest absolute Gasteiger partial charge is 0.181 e. The molecular formula is C16H20N6S. The Bertz CT molecular complexity index is 787. The molecule has 0 spiro atoms. The summed E-state index contributed by atoms with van der Waals surface area (Å²) in [5.41, 5.74) is 8.70. The fraction of sp³-hybridized carbons (Fsp3) is 0.312. The first-order chi connectivity index (χ1) is 11.1. The molecule has 0 aliphatic rings. The van der Waals surface area contributed by atoms with E-state index in [4.69, 9.17) is 5.73 Å². The van der Waals surface area contributed by atoms with E-state index in [0.29, 0.717) is 12.4 Å². The number of aromatic nitrogens is 4. The summed E-state index contributed by atoms with van der Waals surface area (Å²) in [4.78, 5) is 12.2. The van der Waals surface area contributed by atoms with E-state index in [-0.39, 0.29) is 0 Å². The number of nitrogens with two attached hydrogens (primary N) is 1. The Morgan fingerprint density at radius 1 is 1.17 bits per heavy atom. The fourth-order valence-corrected chi connectivity index (χ4v) is 3.32. The number of hydrogen-bond acceptors (Lipinski definition) is 6. The number of anilines is 1. The monoisotopic (exact) mass is 328 g/mol. The standard InChI is InChI=1S/C16H20N6S/c1-10-14(23-13(18-10)8-9-17)16-19-15(20-21-16)11-4-6-12(7-5-11)22(2)3/h4-7H,8-9,17H2,1-3H3,(H,19,20,21). The third-order valence-electron chi connectivity index (χ3n) is 3.54. The maximum atomic E-state index is 5.60. The first-order valence-electron chi connectivity index (χ1n) is 7.45. The predicted molar refractivity (Wildman–Crippen MR) is 94.7 cm³/mol. The van der Waals surface area contributed by atoms with Gasteiger partial charge in [0.05, 0.1) is 15.6 Å². The first kappa shape index (κ1) is 15.6. The van der Waals surface area contributed by atoms with E-state index >= 15 is 0 Å². The lowest BCUT2D eigenvalue weighted by Gasteiger charge is -2.11. The van der Waals surface area contributed by atoms with E-state index in [1.807, 2.05) is 33.2 Å². The zero-order valence-electron chi connectivity index (χ0n) is 13.5. The van der Waals surface area contributed by atoms with Crippen molar-refractivity contribution >= 4 is 17.0 Å². The number of nitrogens with zero attached hydrogens (tertiary/aromatic N) is 4. The van der Waals surface area contributed by atoms with Crippen molar-refractivity contribution in [3.8, 4) is 22.1 Å². The van der Waals surface area contributed by atoms with Gasteiger partial charge in [-0.1, -0.05) is 0 Å². The third kappa shape index (κ3) is 3.25. The number of aryl methyl sites for hydroxylation is 1. The van der Waals surface area contributed by atoms with Crippen LogP contribution in [0.5, 0.6) is 0 Å². The Kier molecular flexibility index (Phi) is 4.40. The Morgan fingerprint density at radius 3 is 2.57 bits per heavy atom. The molecule has 0 bridgehead atoms. The highest BCUT2D eigenvalue weighted by Crippen LogP contribution is 2.29. The Balaban J connectivity index is 1.88. The van der Waals surface area contributed by atoms with Gasteiger partial charge in [-0.25, -0.2) is 9.97 Å². The van der Waals surface area contributed by atoms with E-state index in [2.05, 4.69) is 37.2 Å². The molecule has 0 fully saturated rings. The number of hydrogen-bond donors (Lipinski definition) is 2. The average molecular weight is 328 g/mol. The molecule has 120 valence electrons. The van der Waals surface area contributed by atoms with Gasteiger partial charge in [0, 0.05) is 31.8 Å². The maximum absolute atomic E-state index is 5.60. The van der Waals surface area contributed by atoms with E-state index in [0.717, 1.165) is 39.1 Å². The molecule has 2 aromatic heterocycles. The lowest BCUT2D eigenvalue weighted by Crippen LogP contribution is -2.07. The zero-order valence-corrected chi connectivity index (χ0v) is 14.3. The summed E-state index contributed by atoms with van der Waals surface area (Å²) < 4.78 is 0. The number of H-pyrrole nitrogens is 1. The molecule has 2 heterocycles. The van der Waals surface area contributed by atoms with Crippen molar-refractivity contribution in [2.24, 2.45) is 5.73 Å². The quantitative estimate of drug-likeness (QED) is 0.752. The molecule has 7 heteroatoms. The number of aromatic amines is 1. The maximum Gasteiger partial charge on any atom is 0.181 e. The van der Waals surface area contributed by atoms with Crippen molar-refractivity contribution < 1.29 is 0 Å². The van der Waals surface area contributed by atoms with E-state index < -0.39 is 0 Å². The summed E-state index contributed by atoms with van der Waals surface area (Å²) in [5, 5.41) is 8.40. The molecule has 0 radical (unpaired) electrons. The van der Waals surface area contributed by atoms with Crippen molar-refractivity contribution in [3.63, 3.8) is 0 Å². The van der Waals surface area contributed by atoms with Gasteiger partial charge in [0.2, 0.25) is 0 Å². The van der Waals surface area contributed by atoms with Crippen molar-refractivity contribution in [1.82, 2.24) is 20.2 Å². The molecule has 0 atom stereocenters. The van der Waals surface area contributed by atoms with Gasteiger partial charge < -0.3 is 10.6 Å². The van der Waals surface area contributed by atoms with Crippen LogP contribution >= 0.6 is 11.3 Å². The van der Waals surface area contributed by atoms with Crippen LogP contribution < -0.4 is 10.6 Å². The fourth-order valence-electron chi connectivity index (χ4n) is 2.30. The minimum atomic E-state index is 0.603. The predicted octanol–water partition coefficient (Wildman–Crippen LogP) is 2.47. The zero-order chi connectivity index (χ0) is 16.4. The van der Waals surface area contributed by atoms with Crippen LogP contribution in [0.1, 0.15) is 10.7 Å². The highest BCUT2D eigenvalue weighted by atomic mass is 32.1. The molecule has 0 amide bonds. The molecule has 3 rings (SSSR count). The van der Waals surface area contributed by atoms with Crippen molar-refractivity contribution in [2.45, 2.75) is 13.3 Å². The second kappa shape index (κ2) is 6.47. The van der Waals surface area contributed by atoms with Crippen LogP contribution in [0.3, 0.4) is 0 Å². The van der Waals surface area contributed by atoms with Crippen molar-refractivity contribution in [2.75, 3.05) is 25.5 Å². The molecule has 3 N–H and O–H groups in total. The topological polar surface area (TPSA) is 83.7 Å². The van der Waals surface area contributed by atoms with Gasteiger partial charge in [-0.15, -0.1) is 11.3 Å². The molecule has 0 aliphatic carbocycles. The van der Waals surface area contributed by atoms with Crippen LogP contribution in [-0.4, -0.2) is 40.8 Å². The highest BCUT2D eigenvalue weighted by molar-refractivity contribution is 7.15. The van der Waals surface area contributed by atoms with Crippen LogP contribution in [0.2, 0.25) is 0 Å². The summed E-state index contributed by atoms with van der Waals surface area (Å²) in [6, 6.07) is 8.18. The Labute approximate surface area is 139 Å². The van der Waals surface area contributed by atoms with Gasteiger partial charge in [0.15, 0.2) is 11.6 Å². The van der Waals surface area contributed by atoms with Crippen molar-refractivity contribution in [3.05, 3.63) is 35.0 Å². The molecule has 23 heavy (non-hydrogen) atoms. The molecular weight excluding hydrogens is 308 g/mol. The molecule has 0 unspecified atom stereocenters. The normalized spacial score (nSPS) is 11.0. The first-order valence-corrected chi connectivity index (χ1v) is 8.27. The van der Waals surface area contributed by atoms with Gasteiger partial charge in [0.1, 0.15) is 0 Å². The second-order valence-corrected chi connectivity index (χ2v) is 6.59. The minimum absolute atomic E-state index is 0.603. The molecule has 6 nitrogen and oxygen atoms in total. The third-order valence-corrected chi connectivity index (χ3v) is 4.77. The van der Waals surface area contributed by atoms with E-state index in [1.165, 1.54) is 0 Å². The second-order valence-electron chi connectivity index (χ2n) is 5.51. The molecule has 0 saturated carbocycles. The van der Waals surface area contributed by atoms with Gasteiger partial charge in [-0.3, -0.25) is 5.10 Å². The SMILES string of the molecule is Cc1nc(CCN)sc1-c1nc(-c2ccc(N(C)C)cc2)n[nH]1. The van der Waals surface area contributed by atoms with Crippen LogP contribution in [0, 0.1) is 6.92 Å². The average Bonchev–Trinajstić information content (AvgIpc) is 3.14. The van der Waals surface area contributed by atoms with Crippen LogP contribution in [0.4, 0.5) is 5.69 Å². The largest absolute Gasteiger partial charge is 0.378 e. The van der Waals surface area contributed by atoms with Crippen molar-refractivity contribution in [1.29, 1.82) is 0 Å². The van der Waals surface area contributed by atoms with Crippen LogP contribution in [0.25, 0.3) is 22.1 Å². The van der Waals surface area contributed by atoms with E-state index in [1.54, 1.807) is 11.3 Å². The van der Waals surface area contributed by atoms with Crippen LogP contribution in [-0.2, 0) is 6.42 Å². The summed E-state index contributed by atoms with van der Waals surface area (Å²) in [6.45, 7) is 2.59. The molecule has 3 aromatic rings. The van der Waals surface area contributed by atoms with Crippen LogP contribution in [0.15, 0.2) is 24.3 Å². The molecule has 0 saturated heterocycles. The lowest BCUT2D eigenvalue weighted by atomic mass is 10.2. The highest BCUT2D eigenvalue weighted by Gasteiger charge is 2.14. The number of benzene rings is 1. The summed E-state index contributed by atoms with van der Waals surface area (Å²) >= 11 is 1.62. The number of rotatable bonds is 5. The summed E-state index contributed by atoms with van der Waals surface area (Å²) in [5.74, 6) is 1.45. The molecule has 0 aliphatic heterocycles. The number of nitrogens with one attached hydrogen (secondary N) is 1. The van der Waals surface area contributed by atoms with Gasteiger partial charge in [-0.05, 0) is 37.7 Å². The van der Waals surface area contributed by atoms with Gasteiger partial charge in [-0.2, -0.15) is 5.10 Å². The minimum Gasteiger partial charge on any atom is -0.378 e. The number of thiazole rings is 1. The van der Waals surface area contributed by atoms with E-state index in [9.17, 15) is 0 Å². The lowest BCUT2D eigenvalue weighted by molar-refractivity contribution is 0.945.